The summed E-state index contributed by atoms with van der Waals surface area (Å²) >= 11 is 5.97. The first-order chi connectivity index (χ1) is 13.3. The molecule has 2 N–H and O–H groups in total. The minimum Gasteiger partial charge on any atom is -0.503 e. The molecule has 2 rings (SSSR count). The minimum absolute atomic E-state index is 0.0168. The van der Waals surface area contributed by atoms with Crippen LogP contribution in [0.25, 0.3) is 0 Å². The number of hydrogen-bond acceptors (Lipinski definition) is 6. The lowest BCUT2D eigenvalue weighted by Gasteiger charge is -2.14. The number of phenolic OH excluding ortho intramolecular Hbond substituents is 1. The molecule has 7 nitrogen and oxygen atoms in total. The van der Waals surface area contributed by atoms with Gasteiger partial charge in [-0.1, -0.05) is 11.6 Å². The quantitative estimate of drug-likeness (QED) is 0.510. The van der Waals surface area contributed by atoms with Crippen molar-refractivity contribution >= 4 is 23.7 Å². The number of benzene rings is 2. The number of halogens is 1. The summed E-state index contributed by atoms with van der Waals surface area (Å²) in [7, 11) is 1.51. The van der Waals surface area contributed by atoms with Crippen molar-refractivity contribution in [1.82, 2.24) is 5.43 Å². The first-order valence-corrected chi connectivity index (χ1v) is 9.06. The molecular formula is C20H23ClN2O5. The molecule has 0 spiro atoms. The highest BCUT2D eigenvalue weighted by atomic mass is 35.5. The zero-order chi connectivity index (χ0) is 20.7. The van der Waals surface area contributed by atoms with E-state index in [2.05, 4.69) is 10.5 Å². The lowest BCUT2D eigenvalue weighted by molar-refractivity contribution is 0.0954. The van der Waals surface area contributed by atoms with Gasteiger partial charge in [0.15, 0.2) is 23.0 Å². The van der Waals surface area contributed by atoms with Crippen molar-refractivity contribution in [3.8, 4) is 23.0 Å². The smallest absolute Gasteiger partial charge is 0.271 e. The van der Waals surface area contributed by atoms with Crippen molar-refractivity contribution in [2.45, 2.75) is 26.9 Å². The Kier molecular flexibility index (Phi) is 7.52. The van der Waals surface area contributed by atoms with Gasteiger partial charge < -0.3 is 19.3 Å². The van der Waals surface area contributed by atoms with Gasteiger partial charge in [0, 0.05) is 5.56 Å². The van der Waals surface area contributed by atoms with Crippen LogP contribution in [-0.4, -0.2) is 37.0 Å². The van der Waals surface area contributed by atoms with Gasteiger partial charge in [-0.25, -0.2) is 5.43 Å². The van der Waals surface area contributed by atoms with Crippen LogP contribution in [0.5, 0.6) is 23.0 Å². The van der Waals surface area contributed by atoms with Gasteiger partial charge in [-0.05, 0) is 56.7 Å². The number of methoxy groups -OCH3 is 1. The van der Waals surface area contributed by atoms with Crippen LogP contribution >= 0.6 is 11.6 Å². The summed E-state index contributed by atoms with van der Waals surface area (Å²) in [5.74, 6) is 0.700. The van der Waals surface area contributed by atoms with Crippen LogP contribution in [0.3, 0.4) is 0 Å². The molecule has 0 atom stereocenters. The second kappa shape index (κ2) is 9.85. The van der Waals surface area contributed by atoms with E-state index in [0.29, 0.717) is 29.2 Å². The van der Waals surface area contributed by atoms with Crippen molar-refractivity contribution in [3.63, 3.8) is 0 Å². The van der Waals surface area contributed by atoms with E-state index in [0.717, 1.165) is 0 Å². The second-order valence-corrected chi connectivity index (χ2v) is 6.42. The Bertz CT molecular complexity index is 868. The predicted molar refractivity (Wildman–Crippen MR) is 108 cm³/mol. The van der Waals surface area contributed by atoms with Crippen molar-refractivity contribution in [1.29, 1.82) is 0 Å². The van der Waals surface area contributed by atoms with Gasteiger partial charge in [0.2, 0.25) is 0 Å². The molecule has 0 aliphatic heterocycles. The molecule has 0 bridgehead atoms. The summed E-state index contributed by atoms with van der Waals surface area (Å²) in [4.78, 5) is 12.3. The van der Waals surface area contributed by atoms with Crippen LogP contribution < -0.4 is 19.6 Å². The van der Waals surface area contributed by atoms with Gasteiger partial charge in [0.25, 0.3) is 5.91 Å². The van der Waals surface area contributed by atoms with Crippen LogP contribution in [0.4, 0.5) is 0 Å². The highest BCUT2D eigenvalue weighted by Crippen LogP contribution is 2.34. The van der Waals surface area contributed by atoms with Crippen molar-refractivity contribution in [2.75, 3.05) is 13.7 Å². The molecule has 8 heteroatoms. The number of hydrogen-bond donors (Lipinski definition) is 2. The average molecular weight is 407 g/mol. The molecule has 2 aromatic carbocycles. The zero-order valence-corrected chi connectivity index (χ0v) is 16.9. The number of aromatic hydroxyl groups is 1. The number of phenols is 1. The second-order valence-electron chi connectivity index (χ2n) is 6.01. The maximum Gasteiger partial charge on any atom is 0.271 e. The van der Waals surface area contributed by atoms with Crippen LogP contribution in [0.2, 0.25) is 5.02 Å². The summed E-state index contributed by atoms with van der Waals surface area (Å²) in [6.07, 6.45) is 1.39. The highest BCUT2D eigenvalue weighted by Gasteiger charge is 2.12. The summed E-state index contributed by atoms with van der Waals surface area (Å²) in [5, 5.41) is 13.9. The molecule has 0 unspecified atom stereocenters. The van der Waals surface area contributed by atoms with E-state index < -0.39 is 5.91 Å². The molecule has 0 aliphatic carbocycles. The van der Waals surface area contributed by atoms with E-state index in [4.69, 9.17) is 25.8 Å². The van der Waals surface area contributed by atoms with Crippen molar-refractivity contribution < 1.29 is 24.1 Å². The Morgan fingerprint density at radius 3 is 2.64 bits per heavy atom. The largest absolute Gasteiger partial charge is 0.503 e. The normalized spacial score (nSPS) is 10.9. The summed E-state index contributed by atoms with van der Waals surface area (Å²) < 4.78 is 16.2. The number of nitrogens with one attached hydrogen (secondary N) is 1. The lowest BCUT2D eigenvalue weighted by atomic mass is 10.2. The lowest BCUT2D eigenvalue weighted by Crippen LogP contribution is -2.18. The molecule has 28 heavy (non-hydrogen) atoms. The van der Waals surface area contributed by atoms with E-state index in [9.17, 15) is 9.90 Å². The number of rotatable bonds is 8. The van der Waals surface area contributed by atoms with Gasteiger partial charge >= 0.3 is 0 Å². The number of hydrazone groups is 1. The third-order valence-corrected chi connectivity index (χ3v) is 3.81. The van der Waals surface area contributed by atoms with E-state index in [1.807, 2.05) is 13.8 Å². The first-order valence-electron chi connectivity index (χ1n) is 8.69. The first kappa shape index (κ1) is 21.4. The molecule has 0 radical (unpaired) electrons. The Morgan fingerprint density at radius 2 is 2.00 bits per heavy atom. The SMILES string of the molecule is CCOc1cc(/C=N/NC(=O)c2ccc(OC(C)C)c(OC)c2)cc(Cl)c1O. The van der Waals surface area contributed by atoms with Crippen LogP contribution in [-0.2, 0) is 0 Å². The van der Waals surface area contributed by atoms with Crippen molar-refractivity contribution in [3.05, 3.63) is 46.5 Å². The van der Waals surface area contributed by atoms with E-state index in [-0.39, 0.29) is 22.6 Å². The molecule has 150 valence electrons. The van der Waals surface area contributed by atoms with Crippen LogP contribution in [0, 0.1) is 0 Å². The topological polar surface area (TPSA) is 89.4 Å². The highest BCUT2D eigenvalue weighted by molar-refractivity contribution is 6.32. The molecule has 0 saturated carbocycles. The Balaban J connectivity index is 2.11. The molecule has 0 heterocycles. The van der Waals surface area contributed by atoms with Gasteiger partial charge in [0.05, 0.1) is 31.1 Å². The van der Waals surface area contributed by atoms with Crippen LogP contribution in [0.1, 0.15) is 36.7 Å². The Morgan fingerprint density at radius 1 is 1.25 bits per heavy atom. The molecular weight excluding hydrogens is 384 g/mol. The number of carbonyl (C=O) groups is 1. The van der Waals surface area contributed by atoms with E-state index in [1.165, 1.54) is 19.4 Å². The summed E-state index contributed by atoms with van der Waals surface area (Å²) in [6, 6.07) is 7.95. The number of amides is 1. The average Bonchev–Trinajstić information content (AvgIpc) is 2.65. The molecule has 0 saturated heterocycles. The fraction of sp³-hybridized carbons (Fsp3) is 0.300. The van der Waals surface area contributed by atoms with Gasteiger partial charge in [-0.15, -0.1) is 0 Å². The van der Waals surface area contributed by atoms with E-state index >= 15 is 0 Å². The third kappa shape index (κ3) is 5.53. The molecule has 1 amide bonds. The minimum atomic E-state index is -0.416. The van der Waals surface area contributed by atoms with Gasteiger partial charge in [-0.3, -0.25) is 4.79 Å². The Hall–Kier alpha value is -2.93. The predicted octanol–water partition coefficient (Wildman–Crippen LogP) is 4.00. The molecule has 0 aliphatic rings. The maximum absolute atomic E-state index is 12.3. The van der Waals surface area contributed by atoms with Crippen molar-refractivity contribution in [2.24, 2.45) is 5.10 Å². The van der Waals surface area contributed by atoms with Crippen LogP contribution in [0.15, 0.2) is 35.4 Å². The fourth-order valence-corrected chi connectivity index (χ4v) is 2.54. The zero-order valence-electron chi connectivity index (χ0n) is 16.2. The Labute approximate surface area is 168 Å². The third-order valence-electron chi connectivity index (χ3n) is 3.52. The van der Waals surface area contributed by atoms with Gasteiger partial charge in [-0.2, -0.15) is 5.10 Å². The van der Waals surface area contributed by atoms with Gasteiger partial charge in [0.1, 0.15) is 0 Å². The van der Waals surface area contributed by atoms with E-state index in [1.54, 1.807) is 31.2 Å². The fourth-order valence-electron chi connectivity index (χ4n) is 2.32. The monoisotopic (exact) mass is 406 g/mol. The summed E-state index contributed by atoms with van der Waals surface area (Å²) in [5.41, 5.74) is 3.36. The summed E-state index contributed by atoms with van der Waals surface area (Å²) in [6.45, 7) is 5.97. The number of ether oxygens (including phenoxy) is 3. The molecule has 2 aromatic rings. The standard InChI is InChI=1S/C20H23ClN2O5/c1-5-27-18-9-13(8-15(21)19(18)24)11-22-23-20(25)14-6-7-16(28-12(2)3)17(10-14)26-4/h6-12,24H,5H2,1-4H3,(H,23,25)/b22-11+. The number of nitrogens with zero attached hydrogens (tertiary/aromatic N) is 1. The number of carbonyl (C=O) groups excluding carboxylic acids is 1. The molecule has 0 aromatic heterocycles. The molecule has 0 fully saturated rings. The maximum atomic E-state index is 12.3.